The highest BCUT2D eigenvalue weighted by molar-refractivity contribution is 6.03. The van der Waals surface area contributed by atoms with Crippen LogP contribution in [0.2, 0.25) is 0 Å². The van der Waals surface area contributed by atoms with Gasteiger partial charge in [-0.05, 0) is 166 Å². The van der Waals surface area contributed by atoms with Gasteiger partial charge in [0.25, 0.3) is 0 Å². The number of fused-ring (bicyclic) bond motifs is 5. The van der Waals surface area contributed by atoms with E-state index in [1.54, 1.807) is 0 Å². The standard InChI is InChI=1S/C64H64N2/c1-45(2)49-20-16-42-64(44-49,50-29-35-55(36-30-50)65(52-21-10-6-11-22-52)54-33-26-47(27-34-54)46-17-8-5-9-18-46)51-31-37-56(38-32-51)66(53-23-12-7-13-24-53)57-39-40-59-61(43-57)63(3,4)60-41-28-48-19-14-15-25-58(48)62(59)60/h6-7,10-15,19,21-41,43,45-46,49H,5,8-9,16-18,20,42,44H2,1-4H3. The largest absolute Gasteiger partial charge is 0.311 e. The summed E-state index contributed by atoms with van der Waals surface area (Å²) in [6.45, 7) is 9.65. The van der Waals surface area contributed by atoms with Gasteiger partial charge in [0.05, 0.1) is 0 Å². The molecule has 0 amide bonds. The van der Waals surface area contributed by atoms with Crippen molar-refractivity contribution in [2.24, 2.45) is 11.8 Å². The minimum Gasteiger partial charge on any atom is -0.311 e. The molecule has 2 atom stereocenters. The van der Waals surface area contributed by atoms with Gasteiger partial charge in [0, 0.05) is 45.0 Å². The third kappa shape index (κ3) is 7.53. The number of hydrogen-bond acceptors (Lipinski definition) is 2. The summed E-state index contributed by atoms with van der Waals surface area (Å²) in [4.78, 5) is 4.90. The van der Waals surface area contributed by atoms with E-state index in [1.165, 1.54) is 129 Å². The first-order valence-corrected chi connectivity index (χ1v) is 25.0. The Hall–Kier alpha value is -6.38. The Labute approximate surface area is 394 Å². The molecule has 2 nitrogen and oxygen atoms in total. The zero-order chi connectivity index (χ0) is 44.8. The molecule has 0 spiro atoms. The lowest BCUT2D eigenvalue weighted by Gasteiger charge is -2.44. The molecule has 0 aromatic heterocycles. The minimum absolute atomic E-state index is 0.0762. The summed E-state index contributed by atoms with van der Waals surface area (Å²) < 4.78 is 0. The molecule has 0 N–H and O–H groups in total. The Bertz CT molecular complexity index is 2940. The summed E-state index contributed by atoms with van der Waals surface area (Å²) in [6.07, 6.45) is 11.6. The van der Waals surface area contributed by atoms with E-state index in [2.05, 4.69) is 226 Å². The van der Waals surface area contributed by atoms with Gasteiger partial charge in [-0.2, -0.15) is 0 Å². The van der Waals surface area contributed by atoms with E-state index in [0.717, 1.165) is 12.8 Å². The van der Waals surface area contributed by atoms with Crippen LogP contribution >= 0.6 is 0 Å². The van der Waals surface area contributed by atoms with Gasteiger partial charge in [0.1, 0.15) is 0 Å². The fourth-order valence-electron chi connectivity index (χ4n) is 12.5. The van der Waals surface area contributed by atoms with Crippen LogP contribution < -0.4 is 9.80 Å². The summed E-state index contributed by atoms with van der Waals surface area (Å²) in [5.41, 5.74) is 16.8. The van der Waals surface area contributed by atoms with Crippen molar-refractivity contribution in [3.05, 3.63) is 216 Å². The third-order valence-electron chi connectivity index (χ3n) is 16.2. The fourth-order valence-corrected chi connectivity index (χ4v) is 12.5. The molecule has 66 heavy (non-hydrogen) atoms. The van der Waals surface area contributed by atoms with E-state index in [9.17, 15) is 0 Å². The topological polar surface area (TPSA) is 6.48 Å². The van der Waals surface area contributed by atoms with Crippen molar-refractivity contribution in [2.75, 3.05) is 9.80 Å². The van der Waals surface area contributed by atoms with Crippen molar-refractivity contribution in [3.8, 4) is 11.1 Å². The Morgan fingerprint density at radius 3 is 1.61 bits per heavy atom. The van der Waals surface area contributed by atoms with Crippen molar-refractivity contribution in [1.29, 1.82) is 0 Å². The molecule has 330 valence electrons. The summed E-state index contributed by atoms with van der Waals surface area (Å²) in [5.74, 6) is 1.99. The van der Waals surface area contributed by atoms with Crippen LogP contribution in [0.1, 0.15) is 119 Å². The number of rotatable bonds is 10. The molecular formula is C64H64N2. The third-order valence-corrected chi connectivity index (χ3v) is 16.2. The molecule has 2 heteroatoms. The van der Waals surface area contributed by atoms with Gasteiger partial charge in [0.2, 0.25) is 0 Å². The first kappa shape index (κ1) is 42.3. The lowest BCUT2D eigenvalue weighted by Crippen LogP contribution is -2.36. The van der Waals surface area contributed by atoms with Crippen molar-refractivity contribution in [2.45, 2.75) is 102 Å². The number of para-hydroxylation sites is 2. The van der Waals surface area contributed by atoms with Crippen LogP contribution in [0.25, 0.3) is 21.9 Å². The smallest absolute Gasteiger partial charge is 0.0465 e. The molecule has 8 aromatic rings. The molecule has 8 aromatic carbocycles. The highest BCUT2D eigenvalue weighted by Gasteiger charge is 2.41. The number of benzene rings is 8. The molecule has 2 saturated carbocycles. The van der Waals surface area contributed by atoms with Gasteiger partial charge < -0.3 is 9.80 Å². The van der Waals surface area contributed by atoms with Gasteiger partial charge in [-0.1, -0.05) is 175 Å². The van der Waals surface area contributed by atoms with E-state index in [0.29, 0.717) is 17.8 Å². The van der Waals surface area contributed by atoms with Gasteiger partial charge >= 0.3 is 0 Å². The van der Waals surface area contributed by atoms with Crippen LogP contribution in [-0.2, 0) is 10.8 Å². The van der Waals surface area contributed by atoms with Crippen LogP contribution in [0.3, 0.4) is 0 Å². The minimum atomic E-state index is -0.121. The molecule has 0 aliphatic heterocycles. The Morgan fingerprint density at radius 2 is 1.00 bits per heavy atom. The van der Waals surface area contributed by atoms with E-state index >= 15 is 0 Å². The van der Waals surface area contributed by atoms with Crippen LogP contribution in [-0.4, -0.2) is 0 Å². The monoisotopic (exact) mass is 861 g/mol. The van der Waals surface area contributed by atoms with Crippen molar-refractivity contribution >= 4 is 44.9 Å². The van der Waals surface area contributed by atoms with Crippen molar-refractivity contribution in [1.82, 2.24) is 0 Å². The van der Waals surface area contributed by atoms with E-state index in [4.69, 9.17) is 0 Å². The first-order valence-electron chi connectivity index (χ1n) is 25.0. The SMILES string of the molecule is CC(C)C1CCCC(c2ccc(N(c3ccccc3)c3ccc(C4CCCCC4)cc3)cc2)(c2ccc(N(c3ccccc3)c3ccc4c(c3)C(C)(C)c3ccc5ccccc5c3-4)cc2)C1. The zero-order valence-electron chi connectivity index (χ0n) is 39.4. The zero-order valence-corrected chi connectivity index (χ0v) is 39.4. The molecule has 2 fully saturated rings. The summed E-state index contributed by atoms with van der Waals surface area (Å²) in [5, 5.41) is 2.63. The van der Waals surface area contributed by atoms with Crippen molar-refractivity contribution in [3.63, 3.8) is 0 Å². The Kier molecular flexibility index (Phi) is 11.2. The average molecular weight is 861 g/mol. The predicted molar refractivity (Wildman–Crippen MR) is 281 cm³/mol. The highest BCUT2D eigenvalue weighted by Crippen LogP contribution is 2.54. The van der Waals surface area contributed by atoms with Gasteiger partial charge in [-0.3, -0.25) is 0 Å². The Morgan fingerprint density at radius 1 is 0.470 bits per heavy atom. The maximum Gasteiger partial charge on any atom is 0.0465 e. The molecule has 0 heterocycles. The molecule has 0 bridgehead atoms. The number of hydrogen-bond donors (Lipinski definition) is 0. The summed E-state index contributed by atoms with van der Waals surface area (Å²) >= 11 is 0. The Balaban J connectivity index is 0.960. The molecule has 3 aliphatic carbocycles. The van der Waals surface area contributed by atoms with Crippen LogP contribution in [0, 0.1) is 11.8 Å². The van der Waals surface area contributed by atoms with E-state index in [-0.39, 0.29) is 10.8 Å². The first-order chi connectivity index (χ1) is 32.3. The normalized spacial score (nSPS) is 19.1. The quantitative estimate of drug-likeness (QED) is 0.135. The number of nitrogens with zero attached hydrogens (tertiary/aromatic N) is 2. The maximum absolute atomic E-state index is 2.46. The second-order valence-electron chi connectivity index (χ2n) is 20.6. The highest BCUT2D eigenvalue weighted by atomic mass is 15.1. The van der Waals surface area contributed by atoms with Gasteiger partial charge in [0.15, 0.2) is 0 Å². The lowest BCUT2D eigenvalue weighted by molar-refractivity contribution is 0.207. The second kappa shape index (κ2) is 17.4. The molecule has 3 aliphatic rings. The number of anilines is 6. The summed E-state index contributed by atoms with van der Waals surface area (Å²) in [7, 11) is 0. The second-order valence-corrected chi connectivity index (χ2v) is 20.6. The summed E-state index contributed by atoms with van der Waals surface area (Å²) in [6, 6.07) is 71.5. The average Bonchev–Trinajstić information content (AvgIpc) is 3.61. The molecule has 2 unspecified atom stereocenters. The van der Waals surface area contributed by atoms with E-state index in [1.807, 2.05) is 0 Å². The van der Waals surface area contributed by atoms with Crippen molar-refractivity contribution < 1.29 is 0 Å². The fraction of sp³-hybridized carbons (Fsp3) is 0.281. The van der Waals surface area contributed by atoms with Crippen LogP contribution in [0.4, 0.5) is 34.1 Å². The van der Waals surface area contributed by atoms with Gasteiger partial charge in [-0.25, -0.2) is 0 Å². The molecule has 0 saturated heterocycles. The van der Waals surface area contributed by atoms with Crippen LogP contribution in [0.5, 0.6) is 0 Å². The molecule has 11 rings (SSSR count). The lowest BCUT2D eigenvalue weighted by atomic mass is 9.60. The maximum atomic E-state index is 2.46. The molecule has 0 radical (unpaired) electrons. The van der Waals surface area contributed by atoms with Crippen LogP contribution in [0.15, 0.2) is 188 Å². The predicted octanol–water partition coefficient (Wildman–Crippen LogP) is 18.3. The molecular weight excluding hydrogens is 797 g/mol. The van der Waals surface area contributed by atoms with Gasteiger partial charge in [-0.15, -0.1) is 0 Å². The van der Waals surface area contributed by atoms with E-state index < -0.39 is 0 Å².